The van der Waals surface area contributed by atoms with E-state index in [9.17, 15) is 8.76 Å². The molecule has 12 heavy (non-hydrogen) atoms. The summed E-state index contributed by atoms with van der Waals surface area (Å²) in [5.41, 5.74) is 0. The Balaban J connectivity index is 2.29. The van der Waals surface area contributed by atoms with Gasteiger partial charge in [0.15, 0.2) is 0 Å². The van der Waals surface area contributed by atoms with Crippen LogP contribution >= 0.6 is 0 Å². The van der Waals surface area contributed by atoms with Gasteiger partial charge in [-0.3, -0.25) is 4.21 Å². The van der Waals surface area contributed by atoms with E-state index >= 15 is 0 Å². The fraction of sp³-hybridized carbons (Fsp3) is 0.500. The van der Waals surface area contributed by atoms with Crippen molar-refractivity contribution in [2.75, 3.05) is 5.75 Å². The molecule has 1 atom stereocenters. The van der Waals surface area contributed by atoms with Crippen molar-refractivity contribution in [3.63, 3.8) is 0 Å². The molecule has 0 radical (unpaired) electrons. The average Bonchev–Trinajstić information content (AvgIpc) is 2.05. The van der Waals surface area contributed by atoms with Crippen LogP contribution in [0, 0.1) is 0 Å². The maximum atomic E-state index is 10.1. The van der Waals surface area contributed by atoms with Crippen molar-refractivity contribution >= 4 is 11.1 Å². The van der Waals surface area contributed by atoms with Crippen LogP contribution in [-0.2, 0) is 17.6 Å². The molecule has 5 nitrogen and oxygen atoms in total. The molecule has 0 bridgehead atoms. The molecule has 6 heteroatoms. The van der Waals surface area contributed by atoms with Crippen molar-refractivity contribution in [3.8, 4) is 0 Å². The quantitative estimate of drug-likeness (QED) is 0.449. The fourth-order valence-corrected chi connectivity index (χ4v) is 1.14. The average molecular weight is 187 g/mol. The van der Waals surface area contributed by atoms with Gasteiger partial charge < -0.3 is 4.55 Å². The zero-order valence-electron chi connectivity index (χ0n) is 6.42. The van der Waals surface area contributed by atoms with Gasteiger partial charge in [0.25, 0.3) is 6.33 Å². The molecule has 0 spiro atoms. The Hall–Kier alpha value is -0.880. The summed E-state index contributed by atoms with van der Waals surface area (Å²) in [7, 11) is 0. The van der Waals surface area contributed by atoms with E-state index in [0.717, 1.165) is 0 Å². The van der Waals surface area contributed by atoms with Crippen molar-refractivity contribution < 1.29 is 13.3 Å². The monoisotopic (exact) mass is 187 g/mol. The summed E-state index contributed by atoms with van der Waals surface area (Å²) in [5.74, 6) is 0.182. The standard InChI is InChI=1S/C6H9N3O2S/c10-12(11)3-1-2-9-5-7-4-8-6-9/h4-6H,1-3H2. The lowest BCUT2D eigenvalue weighted by atomic mass is 10.5. The molecule has 1 rings (SSSR count). The Morgan fingerprint density at radius 3 is 2.67 bits per heavy atom. The zero-order valence-corrected chi connectivity index (χ0v) is 7.24. The van der Waals surface area contributed by atoms with Crippen LogP contribution in [0.15, 0.2) is 19.0 Å². The van der Waals surface area contributed by atoms with E-state index in [1.54, 1.807) is 17.2 Å². The molecule has 0 N–H and O–H groups in total. The maximum absolute atomic E-state index is 10.1. The van der Waals surface area contributed by atoms with Gasteiger partial charge in [-0.05, 0) is 6.42 Å². The van der Waals surface area contributed by atoms with Gasteiger partial charge >= 0.3 is 0 Å². The van der Waals surface area contributed by atoms with Gasteiger partial charge in [-0.2, -0.15) is 0 Å². The molecule has 0 amide bonds. The topological polar surface area (TPSA) is 69.8 Å². The predicted octanol–water partition coefficient (Wildman–Crippen LogP) is -0.967. The van der Waals surface area contributed by atoms with Crippen molar-refractivity contribution in [3.05, 3.63) is 19.0 Å². The summed E-state index contributed by atoms with van der Waals surface area (Å²) in [6, 6.07) is 0. The minimum atomic E-state index is -1.94. The Kier molecular flexibility index (Phi) is 3.75. The van der Waals surface area contributed by atoms with Gasteiger partial charge in [-0.1, -0.05) is 21.0 Å². The van der Waals surface area contributed by atoms with Gasteiger partial charge in [0.05, 0.1) is 6.54 Å². The number of aromatic nitrogens is 3. The first-order valence-electron chi connectivity index (χ1n) is 3.49. The highest BCUT2D eigenvalue weighted by atomic mass is 32.2. The number of aryl methyl sites for hydroxylation is 1. The third-order valence-electron chi connectivity index (χ3n) is 1.29. The van der Waals surface area contributed by atoms with Gasteiger partial charge in [-0.15, -0.1) is 0 Å². The molecule has 1 heterocycles. The summed E-state index contributed by atoms with van der Waals surface area (Å²) in [6.45, 7) is 0.634. The van der Waals surface area contributed by atoms with Crippen LogP contribution in [0.4, 0.5) is 0 Å². The molecule has 1 unspecified atom stereocenters. The van der Waals surface area contributed by atoms with E-state index < -0.39 is 11.1 Å². The van der Waals surface area contributed by atoms with Gasteiger partial charge in [0.2, 0.25) is 12.7 Å². The molecular formula is C6H9N3O2S. The Morgan fingerprint density at radius 1 is 1.42 bits per heavy atom. The minimum Gasteiger partial charge on any atom is -0.772 e. The molecule has 0 fully saturated rings. The molecule has 66 valence electrons. The van der Waals surface area contributed by atoms with E-state index in [4.69, 9.17) is 0 Å². The Labute approximate surface area is 72.8 Å². The molecule has 0 aliphatic rings. The van der Waals surface area contributed by atoms with Crippen LogP contribution < -0.4 is 4.57 Å². The first kappa shape index (κ1) is 9.21. The Bertz CT molecular complexity index is 254. The second kappa shape index (κ2) is 4.89. The van der Waals surface area contributed by atoms with Crippen LogP contribution in [0.5, 0.6) is 0 Å². The lowest BCUT2D eigenvalue weighted by Gasteiger charge is -2.02. The summed E-state index contributed by atoms with van der Waals surface area (Å²) >= 11 is -1.94. The summed E-state index contributed by atoms with van der Waals surface area (Å²) in [5, 5.41) is 0. The van der Waals surface area contributed by atoms with Crippen LogP contribution in [0.1, 0.15) is 6.42 Å². The number of hydrogen-bond donors (Lipinski definition) is 0. The van der Waals surface area contributed by atoms with Gasteiger partial charge in [0.1, 0.15) is 0 Å². The van der Waals surface area contributed by atoms with Crippen molar-refractivity contribution in [1.29, 1.82) is 0 Å². The zero-order chi connectivity index (χ0) is 8.81. The molecule has 0 aromatic carbocycles. The van der Waals surface area contributed by atoms with E-state index in [0.29, 0.717) is 13.0 Å². The predicted molar refractivity (Wildman–Crippen MR) is 40.6 cm³/mol. The lowest BCUT2D eigenvalue weighted by molar-refractivity contribution is -0.702. The molecule has 0 saturated heterocycles. The smallest absolute Gasteiger partial charge is 0.263 e. The molecule has 0 aliphatic heterocycles. The van der Waals surface area contributed by atoms with E-state index in [2.05, 4.69) is 9.97 Å². The highest BCUT2D eigenvalue weighted by molar-refractivity contribution is 7.79. The van der Waals surface area contributed by atoms with E-state index in [1.807, 2.05) is 0 Å². The fourth-order valence-electron chi connectivity index (χ4n) is 0.780. The van der Waals surface area contributed by atoms with Crippen molar-refractivity contribution in [2.45, 2.75) is 13.0 Å². The number of nitrogens with zero attached hydrogens (tertiary/aromatic N) is 3. The molecule has 1 aromatic rings. The normalized spacial score (nSPS) is 12.8. The molecule has 1 aromatic heterocycles. The lowest BCUT2D eigenvalue weighted by Crippen LogP contribution is -2.34. The highest BCUT2D eigenvalue weighted by Crippen LogP contribution is 1.82. The summed E-state index contributed by atoms with van der Waals surface area (Å²) < 4.78 is 22.0. The Morgan fingerprint density at radius 2 is 2.08 bits per heavy atom. The van der Waals surface area contributed by atoms with Crippen LogP contribution in [0.2, 0.25) is 0 Å². The first-order valence-corrected chi connectivity index (χ1v) is 4.73. The van der Waals surface area contributed by atoms with E-state index in [1.165, 1.54) is 6.33 Å². The van der Waals surface area contributed by atoms with E-state index in [-0.39, 0.29) is 5.75 Å². The molecule has 0 aliphatic carbocycles. The van der Waals surface area contributed by atoms with Gasteiger partial charge in [-0.25, -0.2) is 4.57 Å². The number of hydrogen-bond acceptors (Lipinski definition) is 4. The third-order valence-corrected chi connectivity index (χ3v) is 1.91. The second-order valence-corrected chi connectivity index (χ2v) is 3.26. The molecular weight excluding hydrogens is 178 g/mol. The van der Waals surface area contributed by atoms with Crippen LogP contribution in [-0.4, -0.2) is 24.5 Å². The summed E-state index contributed by atoms with van der Waals surface area (Å²) in [6.07, 6.45) is 5.25. The largest absolute Gasteiger partial charge is 0.772 e. The minimum absolute atomic E-state index is 0.182. The second-order valence-electron chi connectivity index (χ2n) is 2.24. The SMILES string of the molecule is O=S([O-])CCC[n+]1cncnc1. The van der Waals surface area contributed by atoms with Crippen molar-refractivity contribution in [1.82, 2.24) is 9.97 Å². The van der Waals surface area contributed by atoms with Crippen molar-refractivity contribution in [2.24, 2.45) is 0 Å². The first-order chi connectivity index (χ1) is 5.79. The number of rotatable bonds is 4. The maximum Gasteiger partial charge on any atom is 0.263 e. The van der Waals surface area contributed by atoms with Crippen LogP contribution in [0.25, 0.3) is 0 Å². The third kappa shape index (κ3) is 3.49. The summed E-state index contributed by atoms with van der Waals surface area (Å²) in [4.78, 5) is 7.56. The van der Waals surface area contributed by atoms with Crippen LogP contribution in [0.3, 0.4) is 0 Å². The van der Waals surface area contributed by atoms with Gasteiger partial charge in [0, 0.05) is 5.75 Å². The highest BCUT2D eigenvalue weighted by Gasteiger charge is 1.94. The molecule has 0 saturated carbocycles.